The molecule has 0 aromatic heterocycles. The highest BCUT2D eigenvalue weighted by atomic mass is 16.5. The monoisotopic (exact) mass is 518 g/mol. The van der Waals surface area contributed by atoms with Crippen LogP contribution in [0.4, 0.5) is 0 Å². The van der Waals surface area contributed by atoms with Crippen LogP contribution in [0.1, 0.15) is 23.2 Å². The van der Waals surface area contributed by atoms with Gasteiger partial charge in [-0.3, -0.25) is 14.4 Å². The van der Waals surface area contributed by atoms with Crippen LogP contribution < -0.4 is 15.4 Å². The zero-order valence-electron chi connectivity index (χ0n) is 20.7. The molecule has 4 N–H and O–H groups in total. The fraction of sp³-hybridized carbons (Fsp3) is 0.640. The fourth-order valence-corrected chi connectivity index (χ4v) is 5.52. The molecule has 12 nitrogen and oxygen atoms in total. The predicted octanol–water partition coefficient (Wildman–Crippen LogP) is -1.90. The van der Waals surface area contributed by atoms with Crippen molar-refractivity contribution >= 4 is 17.7 Å². The highest BCUT2D eigenvalue weighted by Crippen LogP contribution is 2.26. The third-order valence-corrected chi connectivity index (χ3v) is 7.54. The number of hydrogen-bond acceptors (Lipinski definition) is 9. The lowest BCUT2D eigenvalue weighted by Crippen LogP contribution is -2.55. The van der Waals surface area contributed by atoms with E-state index in [2.05, 4.69) is 10.6 Å². The fourth-order valence-electron chi connectivity index (χ4n) is 5.52. The summed E-state index contributed by atoms with van der Waals surface area (Å²) in [6.45, 7) is 1.66. The third kappa shape index (κ3) is 5.58. The smallest absolute Gasteiger partial charge is 0.254 e. The molecule has 0 unspecified atom stereocenters. The number of ether oxygens (including phenoxy) is 3. The van der Waals surface area contributed by atoms with Crippen LogP contribution in [-0.2, 0) is 19.1 Å². The molecular formula is C25H34N4O8. The summed E-state index contributed by atoms with van der Waals surface area (Å²) in [7, 11) is 1.54. The van der Waals surface area contributed by atoms with Crippen molar-refractivity contribution in [3.05, 3.63) is 29.8 Å². The summed E-state index contributed by atoms with van der Waals surface area (Å²) in [5, 5.41) is 27.4. The van der Waals surface area contributed by atoms with Gasteiger partial charge in [-0.25, -0.2) is 0 Å². The Morgan fingerprint density at radius 3 is 2.59 bits per heavy atom. The molecule has 4 fully saturated rings. The van der Waals surface area contributed by atoms with Gasteiger partial charge in [0.2, 0.25) is 11.8 Å². The molecule has 4 heterocycles. The number of aliphatic hydroxyl groups excluding tert-OH is 2. The van der Waals surface area contributed by atoms with Gasteiger partial charge in [-0.05, 0) is 30.7 Å². The van der Waals surface area contributed by atoms with Gasteiger partial charge in [0.1, 0.15) is 24.1 Å². The average molecular weight is 519 g/mol. The summed E-state index contributed by atoms with van der Waals surface area (Å²) in [4.78, 5) is 42.7. The Morgan fingerprint density at radius 1 is 1.08 bits per heavy atom. The molecule has 0 aliphatic carbocycles. The minimum atomic E-state index is -1.28. The number of amides is 3. The molecule has 4 aliphatic heterocycles. The van der Waals surface area contributed by atoms with E-state index in [-0.39, 0.29) is 43.3 Å². The molecule has 5 rings (SSSR count). The number of fused-ring (bicyclic) bond motifs is 6. The van der Waals surface area contributed by atoms with E-state index < -0.39 is 36.6 Å². The Morgan fingerprint density at radius 2 is 1.84 bits per heavy atom. The second-order valence-corrected chi connectivity index (χ2v) is 10.1. The number of morpholine rings is 1. The number of aliphatic hydroxyl groups is 2. The maximum atomic E-state index is 13.6. The van der Waals surface area contributed by atoms with Crippen LogP contribution in [0.15, 0.2) is 24.3 Å². The first-order valence-corrected chi connectivity index (χ1v) is 12.7. The largest absolute Gasteiger partial charge is 0.497 e. The van der Waals surface area contributed by atoms with E-state index in [9.17, 15) is 24.6 Å². The highest BCUT2D eigenvalue weighted by Gasteiger charge is 2.45. The molecule has 1 aromatic carbocycles. The Hall–Kier alpha value is -2.77. The Labute approximate surface area is 214 Å². The van der Waals surface area contributed by atoms with E-state index in [1.54, 1.807) is 29.2 Å². The van der Waals surface area contributed by atoms with E-state index in [0.717, 1.165) is 0 Å². The molecule has 4 aliphatic rings. The van der Waals surface area contributed by atoms with Crippen LogP contribution in [0.25, 0.3) is 0 Å². The van der Waals surface area contributed by atoms with E-state index >= 15 is 0 Å². The molecule has 1 aromatic rings. The predicted molar refractivity (Wildman–Crippen MR) is 129 cm³/mol. The molecule has 3 amide bonds. The summed E-state index contributed by atoms with van der Waals surface area (Å²) in [5.74, 6) is -0.0978. The van der Waals surface area contributed by atoms with Crippen molar-refractivity contribution < 1.29 is 38.8 Å². The van der Waals surface area contributed by atoms with Crippen molar-refractivity contribution in [2.45, 2.75) is 55.4 Å². The van der Waals surface area contributed by atoms with Gasteiger partial charge in [-0.1, -0.05) is 0 Å². The number of nitrogens with one attached hydrogen (secondary N) is 2. The summed E-state index contributed by atoms with van der Waals surface area (Å²) < 4.78 is 17.0. The zero-order chi connectivity index (χ0) is 26.1. The average Bonchev–Trinajstić information content (AvgIpc) is 3.47. The third-order valence-electron chi connectivity index (χ3n) is 7.54. The molecule has 0 spiro atoms. The Bertz CT molecular complexity index is 1010. The van der Waals surface area contributed by atoms with Gasteiger partial charge in [-0.15, -0.1) is 0 Å². The lowest BCUT2D eigenvalue weighted by molar-refractivity contribution is -0.141. The first-order chi connectivity index (χ1) is 17.8. The van der Waals surface area contributed by atoms with E-state index in [4.69, 9.17) is 14.2 Å². The lowest BCUT2D eigenvalue weighted by atomic mass is 10.0. The van der Waals surface area contributed by atoms with Crippen LogP contribution in [0.2, 0.25) is 0 Å². The number of nitrogens with zero attached hydrogens (tertiary/aromatic N) is 2. The molecule has 37 heavy (non-hydrogen) atoms. The number of benzene rings is 1. The number of carbonyl (C=O) groups is 3. The van der Waals surface area contributed by atoms with E-state index in [0.29, 0.717) is 44.0 Å². The van der Waals surface area contributed by atoms with Gasteiger partial charge < -0.3 is 44.9 Å². The van der Waals surface area contributed by atoms with Crippen LogP contribution in [0.5, 0.6) is 5.75 Å². The molecule has 12 heteroatoms. The Balaban J connectivity index is 1.41. The van der Waals surface area contributed by atoms with Crippen LogP contribution in [0, 0.1) is 0 Å². The molecule has 7 atom stereocenters. The van der Waals surface area contributed by atoms with Gasteiger partial charge in [0.25, 0.3) is 5.91 Å². The van der Waals surface area contributed by atoms with Crippen molar-refractivity contribution in [2.24, 2.45) is 0 Å². The second kappa shape index (κ2) is 10.9. The lowest BCUT2D eigenvalue weighted by Gasteiger charge is -2.37. The van der Waals surface area contributed by atoms with Crippen LogP contribution >= 0.6 is 0 Å². The minimum absolute atomic E-state index is 0.0260. The SMILES string of the molecule is COc1ccc(C(=O)N2C[C@@H]3CN(CCO3)C(=O)[C@@H]3C[C@@H](CN3)NC(=O)C[C@@H]3O[C@H](C2)[C@@H](O)[C@H]3O)cc1. The number of methoxy groups -OCH3 is 1. The summed E-state index contributed by atoms with van der Waals surface area (Å²) in [6, 6.07) is 6.02. The summed E-state index contributed by atoms with van der Waals surface area (Å²) in [6.07, 6.45) is -4.50. The first-order valence-electron chi connectivity index (χ1n) is 12.7. The zero-order valence-corrected chi connectivity index (χ0v) is 20.7. The number of carbonyl (C=O) groups excluding carboxylic acids is 3. The van der Waals surface area contributed by atoms with Gasteiger partial charge >= 0.3 is 0 Å². The molecule has 4 saturated heterocycles. The molecule has 6 bridgehead atoms. The van der Waals surface area contributed by atoms with E-state index in [1.807, 2.05) is 0 Å². The summed E-state index contributed by atoms with van der Waals surface area (Å²) >= 11 is 0. The number of rotatable bonds is 2. The quantitative estimate of drug-likeness (QED) is 0.352. The molecular weight excluding hydrogens is 484 g/mol. The van der Waals surface area contributed by atoms with Crippen LogP contribution in [-0.4, -0.2) is 127 Å². The molecule has 0 saturated carbocycles. The van der Waals surface area contributed by atoms with Crippen LogP contribution in [0.3, 0.4) is 0 Å². The minimum Gasteiger partial charge on any atom is -0.497 e. The Kier molecular flexibility index (Phi) is 7.63. The maximum Gasteiger partial charge on any atom is 0.254 e. The van der Waals surface area contributed by atoms with Gasteiger partial charge in [0, 0.05) is 44.3 Å². The van der Waals surface area contributed by atoms with Crippen molar-refractivity contribution in [1.29, 1.82) is 0 Å². The normalized spacial score (nSPS) is 34.8. The first kappa shape index (κ1) is 25.9. The second-order valence-electron chi connectivity index (χ2n) is 10.1. The maximum absolute atomic E-state index is 13.6. The molecule has 202 valence electrons. The van der Waals surface area contributed by atoms with Crippen molar-refractivity contribution in [3.8, 4) is 5.75 Å². The van der Waals surface area contributed by atoms with E-state index in [1.165, 1.54) is 12.0 Å². The van der Waals surface area contributed by atoms with Crippen molar-refractivity contribution in [2.75, 3.05) is 46.4 Å². The topological polar surface area (TPSA) is 150 Å². The number of hydrogen-bond donors (Lipinski definition) is 4. The van der Waals surface area contributed by atoms with Crippen molar-refractivity contribution in [1.82, 2.24) is 20.4 Å². The van der Waals surface area contributed by atoms with Gasteiger partial charge in [0.05, 0.1) is 38.4 Å². The standard InChI is InChI=1S/C25H34N4O8/c1-35-16-4-2-14(3-5-16)24(33)29-12-17-11-28(6-7-36-17)25(34)18-8-15(10-26-18)27-21(30)9-19-22(31)23(32)20(13-29)37-19/h2-5,15,17-20,22-23,26,31-32H,6-13H2,1H3,(H,27,30)/t15-,17-,18-,19-,20+,22-,23+/m0/s1. The highest BCUT2D eigenvalue weighted by molar-refractivity contribution is 5.94. The van der Waals surface area contributed by atoms with Gasteiger partial charge in [-0.2, -0.15) is 0 Å². The summed E-state index contributed by atoms with van der Waals surface area (Å²) in [5.41, 5.74) is 0.407. The van der Waals surface area contributed by atoms with Crippen molar-refractivity contribution in [3.63, 3.8) is 0 Å². The molecule has 0 radical (unpaired) electrons. The van der Waals surface area contributed by atoms with Gasteiger partial charge in [0.15, 0.2) is 0 Å².